The quantitative estimate of drug-likeness (QED) is 0.881. The number of hydrogen-bond donors (Lipinski definition) is 1. The van der Waals surface area contributed by atoms with E-state index in [1.165, 1.54) is 24.5 Å². The topological polar surface area (TPSA) is 83.9 Å². The molecule has 1 aliphatic heterocycles. The van der Waals surface area contributed by atoms with Crippen LogP contribution in [0.1, 0.15) is 18.2 Å². The summed E-state index contributed by atoms with van der Waals surface area (Å²) in [4.78, 5) is 12.2. The molecule has 2 heterocycles. The molecule has 20 heavy (non-hydrogen) atoms. The maximum atomic E-state index is 12.6. The Balaban J connectivity index is 2.34. The Morgan fingerprint density at radius 2 is 2.25 bits per heavy atom. The van der Waals surface area contributed by atoms with Crippen LogP contribution in [-0.4, -0.2) is 49.6 Å². The SMILES string of the molecule is CCc1ccc(S(=O)(=O)N2CC(OC)CC2C(=O)O)s1. The standard InChI is InChI=1S/C12H17NO5S2/c1-3-9-4-5-11(19-9)20(16,17)13-7-8(18-2)6-10(13)12(14)15/h4-5,8,10H,3,6-7H2,1-2H3,(H,14,15). The molecular weight excluding hydrogens is 302 g/mol. The summed E-state index contributed by atoms with van der Waals surface area (Å²) in [6.45, 7) is 2.02. The highest BCUT2D eigenvalue weighted by Gasteiger charge is 2.44. The van der Waals surface area contributed by atoms with E-state index in [2.05, 4.69) is 0 Å². The zero-order chi connectivity index (χ0) is 14.9. The zero-order valence-corrected chi connectivity index (χ0v) is 12.9. The van der Waals surface area contributed by atoms with Crippen LogP contribution in [0.2, 0.25) is 0 Å². The lowest BCUT2D eigenvalue weighted by Crippen LogP contribution is -2.40. The van der Waals surface area contributed by atoms with Gasteiger partial charge >= 0.3 is 5.97 Å². The summed E-state index contributed by atoms with van der Waals surface area (Å²) in [6.07, 6.45) is 0.553. The third-order valence-electron chi connectivity index (χ3n) is 3.38. The second-order valence-corrected chi connectivity index (χ2v) is 7.88. The Bertz CT molecular complexity index is 595. The molecule has 1 fully saturated rings. The average Bonchev–Trinajstić information content (AvgIpc) is 3.05. The van der Waals surface area contributed by atoms with Crippen molar-refractivity contribution in [1.82, 2.24) is 4.31 Å². The number of thiophene rings is 1. The smallest absolute Gasteiger partial charge is 0.322 e. The van der Waals surface area contributed by atoms with Crippen molar-refractivity contribution < 1.29 is 23.1 Å². The fraction of sp³-hybridized carbons (Fsp3) is 0.583. The second-order valence-electron chi connectivity index (χ2n) is 4.60. The van der Waals surface area contributed by atoms with E-state index in [-0.39, 0.29) is 23.3 Å². The molecule has 0 radical (unpaired) electrons. The van der Waals surface area contributed by atoms with Crippen molar-refractivity contribution in [1.29, 1.82) is 0 Å². The van der Waals surface area contributed by atoms with Crippen molar-refractivity contribution in [2.75, 3.05) is 13.7 Å². The zero-order valence-electron chi connectivity index (χ0n) is 11.3. The van der Waals surface area contributed by atoms with E-state index in [1.807, 2.05) is 6.92 Å². The molecule has 0 amide bonds. The molecule has 1 aromatic heterocycles. The number of aliphatic carboxylic acids is 1. The fourth-order valence-electron chi connectivity index (χ4n) is 2.23. The van der Waals surface area contributed by atoms with E-state index in [4.69, 9.17) is 4.74 Å². The predicted molar refractivity (Wildman–Crippen MR) is 74.4 cm³/mol. The van der Waals surface area contributed by atoms with Crippen LogP contribution in [0.15, 0.2) is 16.3 Å². The van der Waals surface area contributed by atoms with Crippen LogP contribution < -0.4 is 0 Å². The number of rotatable bonds is 5. The molecule has 2 rings (SSSR count). The predicted octanol–water partition coefficient (Wildman–Crippen LogP) is 1.17. The fourth-order valence-corrected chi connectivity index (χ4v) is 5.28. The van der Waals surface area contributed by atoms with Gasteiger partial charge in [0.05, 0.1) is 6.10 Å². The van der Waals surface area contributed by atoms with E-state index in [0.29, 0.717) is 0 Å². The minimum absolute atomic E-state index is 0.0785. The summed E-state index contributed by atoms with van der Waals surface area (Å²) in [6, 6.07) is 2.24. The molecule has 1 N–H and O–H groups in total. The van der Waals surface area contributed by atoms with E-state index in [1.54, 1.807) is 6.07 Å². The molecule has 0 aromatic carbocycles. The van der Waals surface area contributed by atoms with Crippen molar-refractivity contribution in [2.45, 2.75) is 36.1 Å². The van der Waals surface area contributed by atoms with Gasteiger partial charge in [-0.05, 0) is 18.6 Å². The van der Waals surface area contributed by atoms with E-state index >= 15 is 0 Å². The largest absolute Gasteiger partial charge is 0.480 e. The Morgan fingerprint density at radius 3 is 2.75 bits per heavy atom. The molecule has 8 heteroatoms. The third-order valence-corrected chi connectivity index (χ3v) is 6.96. The Kier molecular flexibility index (Phi) is 4.48. The highest BCUT2D eigenvalue weighted by molar-refractivity contribution is 7.91. The highest BCUT2D eigenvalue weighted by Crippen LogP contribution is 2.31. The van der Waals surface area contributed by atoms with E-state index in [0.717, 1.165) is 15.6 Å². The first-order valence-corrected chi connectivity index (χ1v) is 8.52. The van der Waals surface area contributed by atoms with Gasteiger partial charge in [-0.1, -0.05) is 6.92 Å². The van der Waals surface area contributed by atoms with Gasteiger partial charge in [-0.2, -0.15) is 4.31 Å². The van der Waals surface area contributed by atoms with Gasteiger partial charge in [-0.15, -0.1) is 11.3 Å². The first kappa shape index (κ1) is 15.4. The number of sulfonamides is 1. The number of carboxylic acid groups (broad SMARTS) is 1. The summed E-state index contributed by atoms with van der Waals surface area (Å²) in [5.41, 5.74) is 0. The van der Waals surface area contributed by atoms with Crippen LogP contribution >= 0.6 is 11.3 Å². The van der Waals surface area contributed by atoms with Crippen molar-refractivity contribution >= 4 is 27.3 Å². The Labute approximate surface area is 122 Å². The lowest BCUT2D eigenvalue weighted by Gasteiger charge is -2.19. The number of hydrogen-bond acceptors (Lipinski definition) is 5. The maximum absolute atomic E-state index is 12.6. The third kappa shape index (κ3) is 2.73. The van der Waals surface area contributed by atoms with Crippen molar-refractivity contribution in [3.8, 4) is 0 Å². The minimum atomic E-state index is -3.77. The van der Waals surface area contributed by atoms with Crippen molar-refractivity contribution in [3.63, 3.8) is 0 Å². The first-order chi connectivity index (χ1) is 9.40. The summed E-state index contributed by atoms with van der Waals surface area (Å²) < 4.78 is 31.5. The molecule has 0 saturated carbocycles. The van der Waals surface area contributed by atoms with Gasteiger partial charge in [0, 0.05) is 25.0 Å². The van der Waals surface area contributed by atoms with Crippen LogP contribution in [0.5, 0.6) is 0 Å². The number of aryl methyl sites for hydroxylation is 1. The summed E-state index contributed by atoms with van der Waals surface area (Å²) in [5.74, 6) is -1.14. The van der Waals surface area contributed by atoms with Gasteiger partial charge in [0.15, 0.2) is 0 Å². The molecule has 2 unspecified atom stereocenters. The number of carbonyl (C=O) groups is 1. The van der Waals surface area contributed by atoms with Gasteiger partial charge in [0.1, 0.15) is 10.3 Å². The van der Waals surface area contributed by atoms with Gasteiger partial charge in [-0.25, -0.2) is 8.42 Å². The van der Waals surface area contributed by atoms with Gasteiger partial charge in [0.25, 0.3) is 10.0 Å². The highest BCUT2D eigenvalue weighted by atomic mass is 32.2. The number of carboxylic acids is 1. The van der Waals surface area contributed by atoms with Gasteiger partial charge < -0.3 is 9.84 Å². The Morgan fingerprint density at radius 1 is 1.55 bits per heavy atom. The molecule has 1 aromatic rings. The second kappa shape index (κ2) is 5.80. The molecule has 0 bridgehead atoms. The van der Waals surface area contributed by atoms with Crippen LogP contribution in [0.25, 0.3) is 0 Å². The van der Waals surface area contributed by atoms with Gasteiger partial charge in [-0.3, -0.25) is 4.79 Å². The van der Waals surface area contributed by atoms with E-state index in [9.17, 15) is 18.3 Å². The monoisotopic (exact) mass is 319 g/mol. The lowest BCUT2D eigenvalue weighted by atomic mass is 10.2. The van der Waals surface area contributed by atoms with Crippen LogP contribution in [-0.2, 0) is 26.0 Å². The summed E-state index contributed by atoms with van der Waals surface area (Å²) in [7, 11) is -2.32. The molecule has 1 aliphatic rings. The minimum Gasteiger partial charge on any atom is -0.480 e. The molecular formula is C12H17NO5S2. The average molecular weight is 319 g/mol. The normalized spacial score (nSPS) is 24.1. The molecule has 0 spiro atoms. The van der Waals surface area contributed by atoms with Crippen LogP contribution in [0, 0.1) is 0 Å². The van der Waals surface area contributed by atoms with Gasteiger partial charge in [0.2, 0.25) is 0 Å². The molecule has 6 nitrogen and oxygen atoms in total. The molecule has 1 saturated heterocycles. The van der Waals surface area contributed by atoms with Crippen LogP contribution in [0.4, 0.5) is 0 Å². The summed E-state index contributed by atoms with van der Waals surface area (Å²) >= 11 is 1.19. The van der Waals surface area contributed by atoms with Crippen molar-refractivity contribution in [2.24, 2.45) is 0 Å². The number of nitrogens with zero attached hydrogens (tertiary/aromatic N) is 1. The molecule has 2 atom stereocenters. The Hall–Kier alpha value is -0.960. The molecule has 112 valence electrons. The van der Waals surface area contributed by atoms with Crippen LogP contribution in [0.3, 0.4) is 0 Å². The lowest BCUT2D eigenvalue weighted by molar-refractivity contribution is -0.140. The maximum Gasteiger partial charge on any atom is 0.322 e. The molecule has 0 aliphatic carbocycles. The van der Waals surface area contributed by atoms with Crippen molar-refractivity contribution in [3.05, 3.63) is 17.0 Å². The van der Waals surface area contributed by atoms with E-state index < -0.39 is 22.0 Å². The first-order valence-electron chi connectivity index (χ1n) is 6.26. The number of methoxy groups -OCH3 is 1. The summed E-state index contributed by atoms with van der Waals surface area (Å²) in [5, 5.41) is 9.20. The number of ether oxygens (including phenoxy) is 1.